The fourth-order valence-electron chi connectivity index (χ4n) is 1.86. The molecule has 1 aromatic rings. The van der Waals surface area contributed by atoms with Crippen molar-refractivity contribution < 1.29 is 13.5 Å². The van der Waals surface area contributed by atoms with E-state index in [2.05, 4.69) is 4.72 Å². The maximum atomic E-state index is 12.4. The van der Waals surface area contributed by atoms with Crippen molar-refractivity contribution in [3.63, 3.8) is 0 Å². The van der Waals surface area contributed by atoms with E-state index in [1.165, 1.54) is 18.2 Å². The number of nitriles is 1. The van der Waals surface area contributed by atoms with Crippen molar-refractivity contribution in [1.82, 2.24) is 4.72 Å². The minimum atomic E-state index is -3.90. The standard InChI is InChI=1S/C13H19N3O3S/c1-3-13(4-2,9-17)16-20(18,19)12-6-5-11(15)7-10(12)8-14/h5-7,16-17H,3-4,9,15H2,1-2H3. The van der Waals surface area contributed by atoms with E-state index in [1.54, 1.807) is 13.8 Å². The maximum Gasteiger partial charge on any atom is 0.242 e. The normalized spacial score (nSPS) is 12.1. The lowest BCUT2D eigenvalue weighted by atomic mass is 9.96. The second-order valence-corrected chi connectivity index (χ2v) is 6.27. The number of nitrogens with one attached hydrogen (secondary N) is 1. The number of benzene rings is 1. The number of aliphatic hydroxyl groups is 1. The molecule has 110 valence electrons. The predicted molar refractivity (Wildman–Crippen MR) is 76.3 cm³/mol. The third-order valence-electron chi connectivity index (χ3n) is 3.42. The number of rotatable bonds is 6. The summed E-state index contributed by atoms with van der Waals surface area (Å²) in [6.45, 7) is 3.27. The summed E-state index contributed by atoms with van der Waals surface area (Å²) in [5.74, 6) is 0. The smallest absolute Gasteiger partial charge is 0.242 e. The Balaban J connectivity index is 3.28. The van der Waals surface area contributed by atoms with Gasteiger partial charge < -0.3 is 10.8 Å². The van der Waals surface area contributed by atoms with Gasteiger partial charge in [0.1, 0.15) is 6.07 Å². The average Bonchev–Trinajstić information content (AvgIpc) is 2.44. The van der Waals surface area contributed by atoms with Gasteiger partial charge >= 0.3 is 0 Å². The summed E-state index contributed by atoms with van der Waals surface area (Å²) < 4.78 is 27.3. The Kier molecular flexibility index (Phi) is 5.11. The van der Waals surface area contributed by atoms with Crippen molar-refractivity contribution in [2.45, 2.75) is 37.1 Å². The second kappa shape index (κ2) is 6.22. The topological polar surface area (TPSA) is 116 Å². The van der Waals surface area contributed by atoms with Gasteiger partial charge in [-0.05, 0) is 31.0 Å². The Labute approximate surface area is 119 Å². The maximum absolute atomic E-state index is 12.4. The van der Waals surface area contributed by atoms with E-state index in [-0.39, 0.29) is 17.1 Å². The number of hydrogen-bond donors (Lipinski definition) is 3. The van der Waals surface area contributed by atoms with E-state index in [4.69, 9.17) is 11.0 Å². The molecule has 1 rings (SSSR count). The molecular weight excluding hydrogens is 278 g/mol. The van der Waals surface area contributed by atoms with Gasteiger partial charge in [0.25, 0.3) is 0 Å². The van der Waals surface area contributed by atoms with Crippen LogP contribution in [-0.2, 0) is 10.0 Å². The number of aliphatic hydroxyl groups excluding tert-OH is 1. The fourth-order valence-corrected chi connectivity index (χ4v) is 3.53. The van der Waals surface area contributed by atoms with Crippen LogP contribution in [0.3, 0.4) is 0 Å². The summed E-state index contributed by atoms with van der Waals surface area (Å²) >= 11 is 0. The van der Waals surface area contributed by atoms with Crippen LogP contribution in [0, 0.1) is 11.3 Å². The molecule has 0 saturated heterocycles. The van der Waals surface area contributed by atoms with Gasteiger partial charge in [-0.1, -0.05) is 13.8 Å². The number of nitrogens with zero attached hydrogens (tertiary/aromatic N) is 1. The Morgan fingerprint density at radius 2 is 2.00 bits per heavy atom. The molecule has 0 atom stereocenters. The number of nitrogen functional groups attached to an aromatic ring is 1. The fraction of sp³-hybridized carbons (Fsp3) is 0.462. The van der Waals surface area contributed by atoms with Crippen LogP contribution in [0.25, 0.3) is 0 Å². The van der Waals surface area contributed by atoms with Gasteiger partial charge in [0.2, 0.25) is 10.0 Å². The molecule has 0 fully saturated rings. The molecule has 7 heteroatoms. The van der Waals surface area contributed by atoms with E-state index in [9.17, 15) is 13.5 Å². The third-order valence-corrected chi connectivity index (χ3v) is 5.06. The van der Waals surface area contributed by atoms with Gasteiger partial charge in [-0.25, -0.2) is 13.1 Å². The van der Waals surface area contributed by atoms with Crippen molar-refractivity contribution in [2.24, 2.45) is 0 Å². The Bertz CT molecular complexity index is 608. The van der Waals surface area contributed by atoms with Crippen molar-refractivity contribution in [3.05, 3.63) is 23.8 Å². The zero-order valence-corrected chi connectivity index (χ0v) is 12.4. The molecule has 0 aliphatic heterocycles. The average molecular weight is 297 g/mol. The predicted octanol–water partition coefficient (Wildman–Crippen LogP) is 0.970. The lowest BCUT2D eigenvalue weighted by molar-refractivity contribution is 0.172. The number of hydrogen-bond acceptors (Lipinski definition) is 5. The molecule has 0 amide bonds. The van der Waals surface area contributed by atoms with Crippen LogP contribution < -0.4 is 10.5 Å². The Morgan fingerprint density at radius 1 is 1.40 bits per heavy atom. The quantitative estimate of drug-likeness (QED) is 0.676. The van der Waals surface area contributed by atoms with Gasteiger partial charge in [0.05, 0.1) is 22.6 Å². The van der Waals surface area contributed by atoms with E-state index < -0.39 is 15.6 Å². The van der Waals surface area contributed by atoms with Crippen LogP contribution in [0.5, 0.6) is 0 Å². The largest absolute Gasteiger partial charge is 0.399 e. The molecule has 20 heavy (non-hydrogen) atoms. The minimum absolute atomic E-state index is 0.0171. The highest BCUT2D eigenvalue weighted by Gasteiger charge is 2.32. The summed E-state index contributed by atoms with van der Waals surface area (Å²) in [5.41, 5.74) is 4.92. The number of anilines is 1. The highest BCUT2D eigenvalue weighted by Crippen LogP contribution is 2.22. The van der Waals surface area contributed by atoms with Crippen LogP contribution in [0.4, 0.5) is 5.69 Å². The molecule has 0 radical (unpaired) electrons. The first-order valence-corrected chi connectivity index (χ1v) is 7.77. The SMILES string of the molecule is CCC(CC)(CO)NS(=O)(=O)c1ccc(N)cc1C#N. The molecule has 0 bridgehead atoms. The molecule has 0 aromatic heterocycles. The monoisotopic (exact) mass is 297 g/mol. The summed E-state index contributed by atoms with van der Waals surface area (Å²) in [5, 5.41) is 18.5. The first-order valence-electron chi connectivity index (χ1n) is 6.28. The molecule has 6 nitrogen and oxygen atoms in total. The molecule has 1 aromatic carbocycles. The minimum Gasteiger partial charge on any atom is -0.399 e. The summed E-state index contributed by atoms with van der Waals surface area (Å²) in [6.07, 6.45) is 0.881. The van der Waals surface area contributed by atoms with Gasteiger partial charge in [-0.15, -0.1) is 0 Å². The van der Waals surface area contributed by atoms with Crippen LogP contribution in [0.15, 0.2) is 23.1 Å². The van der Waals surface area contributed by atoms with Crippen molar-refractivity contribution in [1.29, 1.82) is 5.26 Å². The lowest BCUT2D eigenvalue weighted by Gasteiger charge is -2.30. The van der Waals surface area contributed by atoms with Crippen molar-refractivity contribution >= 4 is 15.7 Å². The molecule has 0 aliphatic carbocycles. The zero-order chi connectivity index (χ0) is 15.4. The van der Waals surface area contributed by atoms with Crippen LogP contribution in [0.2, 0.25) is 0 Å². The first-order chi connectivity index (χ1) is 9.34. The summed E-state index contributed by atoms with van der Waals surface area (Å²) in [4.78, 5) is -0.131. The molecular formula is C13H19N3O3S. The summed E-state index contributed by atoms with van der Waals surface area (Å²) in [6, 6.07) is 5.85. The molecule has 0 unspecified atom stereocenters. The first kappa shape index (κ1) is 16.4. The molecule has 4 N–H and O–H groups in total. The highest BCUT2D eigenvalue weighted by atomic mass is 32.2. The number of nitrogens with two attached hydrogens (primary N) is 1. The summed E-state index contributed by atoms with van der Waals surface area (Å²) in [7, 11) is -3.90. The second-order valence-electron chi connectivity index (χ2n) is 4.62. The molecule has 0 saturated carbocycles. The van der Waals surface area contributed by atoms with Gasteiger partial charge in [0.15, 0.2) is 0 Å². The van der Waals surface area contributed by atoms with Gasteiger partial charge in [0, 0.05) is 5.69 Å². The van der Waals surface area contributed by atoms with Gasteiger partial charge in [-0.2, -0.15) is 5.26 Å². The van der Waals surface area contributed by atoms with Gasteiger partial charge in [-0.3, -0.25) is 0 Å². The van der Waals surface area contributed by atoms with E-state index in [0.29, 0.717) is 18.5 Å². The molecule has 0 spiro atoms. The number of sulfonamides is 1. The van der Waals surface area contributed by atoms with E-state index in [1.807, 2.05) is 6.07 Å². The highest BCUT2D eigenvalue weighted by molar-refractivity contribution is 7.89. The zero-order valence-electron chi connectivity index (χ0n) is 11.5. The third kappa shape index (κ3) is 3.28. The van der Waals surface area contributed by atoms with Crippen molar-refractivity contribution in [2.75, 3.05) is 12.3 Å². The molecule has 0 aliphatic rings. The van der Waals surface area contributed by atoms with Crippen molar-refractivity contribution in [3.8, 4) is 6.07 Å². The van der Waals surface area contributed by atoms with E-state index >= 15 is 0 Å². The van der Waals surface area contributed by atoms with E-state index in [0.717, 1.165) is 0 Å². The Morgan fingerprint density at radius 3 is 2.45 bits per heavy atom. The van der Waals surface area contributed by atoms with Crippen LogP contribution in [-0.4, -0.2) is 25.7 Å². The van der Waals surface area contributed by atoms with Crippen LogP contribution >= 0.6 is 0 Å². The lowest BCUT2D eigenvalue weighted by Crippen LogP contribution is -2.50. The Hall–Kier alpha value is -1.62. The van der Waals surface area contributed by atoms with Crippen LogP contribution in [0.1, 0.15) is 32.3 Å². The molecule has 0 heterocycles.